The molecule has 0 aliphatic carbocycles. The van der Waals surface area contributed by atoms with Crippen LogP contribution in [0.3, 0.4) is 0 Å². The summed E-state index contributed by atoms with van der Waals surface area (Å²) in [5.41, 5.74) is 9.55. The molecule has 6 nitrogen and oxygen atoms in total. The van der Waals surface area contributed by atoms with Gasteiger partial charge in [-0.3, -0.25) is 14.9 Å². The standard InChI is InChI=1S/C35H42F2N6/c1-25-8-9-31(19-39-25)41-15-5-7-32(23-41)43(20-28-12-14-38-26(2)17-28)22-29-21-40(4)34-18-30(10-11-33(34)27(29)3)42-16-6-13-35(36,37)24-42/h8-12,14,17-19,21,32H,3,5-7,13,15-16,20,22-24H2,1-2,4H3/t32-/m0/s1. The Labute approximate surface area is 254 Å². The maximum atomic E-state index is 14.2. The minimum atomic E-state index is -2.64. The molecule has 0 radical (unpaired) electrons. The first-order valence-corrected chi connectivity index (χ1v) is 15.4. The molecule has 2 fully saturated rings. The second-order valence-corrected chi connectivity index (χ2v) is 12.4. The molecule has 0 N–H and O–H groups in total. The van der Waals surface area contributed by atoms with Gasteiger partial charge in [0.1, 0.15) is 0 Å². The molecule has 2 aromatic heterocycles. The Bertz CT molecular complexity index is 1500. The molecule has 1 aromatic carbocycles. The van der Waals surface area contributed by atoms with Gasteiger partial charge in [0.15, 0.2) is 0 Å². The van der Waals surface area contributed by atoms with Gasteiger partial charge in [-0.1, -0.05) is 12.6 Å². The van der Waals surface area contributed by atoms with Gasteiger partial charge in [-0.2, -0.15) is 0 Å². The maximum absolute atomic E-state index is 14.2. The summed E-state index contributed by atoms with van der Waals surface area (Å²) in [6.45, 7) is 12.6. The van der Waals surface area contributed by atoms with Crippen LogP contribution in [-0.2, 0) is 6.54 Å². The van der Waals surface area contributed by atoms with Crippen molar-refractivity contribution in [1.82, 2.24) is 14.9 Å². The van der Waals surface area contributed by atoms with E-state index in [2.05, 4.69) is 67.8 Å². The summed E-state index contributed by atoms with van der Waals surface area (Å²) in [5, 5.41) is 0. The lowest BCUT2D eigenvalue weighted by atomic mass is 9.92. The molecule has 8 heteroatoms. The quantitative estimate of drug-likeness (QED) is 0.303. The molecule has 2 saturated heterocycles. The number of nitrogens with zero attached hydrogens (tertiary/aromatic N) is 6. The normalized spacial score (nSPS) is 20.3. The van der Waals surface area contributed by atoms with E-state index < -0.39 is 5.92 Å². The Morgan fingerprint density at radius 1 is 0.953 bits per heavy atom. The van der Waals surface area contributed by atoms with E-state index in [0.717, 1.165) is 72.9 Å². The molecule has 0 unspecified atom stereocenters. The lowest BCUT2D eigenvalue weighted by molar-refractivity contribution is -0.0116. The Morgan fingerprint density at radius 3 is 2.53 bits per heavy atom. The molecule has 6 rings (SSSR count). The number of alkyl halides is 2. The zero-order chi connectivity index (χ0) is 30.1. The number of halogens is 2. The average molecular weight is 585 g/mol. The third kappa shape index (κ3) is 6.59. The van der Waals surface area contributed by atoms with Gasteiger partial charge in [-0.05, 0) is 86.2 Å². The monoisotopic (exact) mass is 584 g/mol. The van der Waals surface area contributed by atoms with E-state index in [0.29, 0.717) is 19.0 Å². The van der Waals surface area contributed by atoms with Crippen molar-refractivity contribution in [1.29, 1.82) is 0 Å². The highest BCUT2D eigenvalue weighted by atomic mass is 19.3. The predicted octanol–water partition coefficient (Wildman–Crippen LogP) is 6.85. The highest BCUT2D eigenvalue weighted by Gasteiger charge is 2.36. The first-order valence-electron chi connectivity index (χ1n) is 15.4. The van der Waals surface area contributed by atoms with E-state index in [1.165, 1.54) is 16.8 Å². The van der Waals surface area contributed by atoms with Crippen LogP contribution in [-0.4, -0.2) is 66.6 Å². The number of hydrogen-bond acceptors (Lipinski definition) is 6. The fourth-order valence-corrected chi connectivity index (χ4v) is 6.74. The molecule has 3 aliphatic heterocycles. The molecule has 0 amide bonds. The van der Waals surface area contributed by atoms with Crippen LogP contribution < -0.4 is 14.7 Å². The number of fused-ring (bicyclic) bond motifs is 1. The molecule has 0 saturated carbocycles. The Kier molecular flexibility index (Phi) is 8.23. The third-order valence-electron chi connectivity index (χ3n) is 9.08. The minimum Gasteiger partial charge on any atom is -0.369 e. The fourth-order valence-electron chi connectivity index (χ4n) is 6.74. The van der Waals surface area contributed by atoms with Crippen LogP contribution >= 0.6 is 0 Å². The summed E-state index contributed by atoms with van der Waals surface area (Å²) in [4.78, 5) is 18.0. The summed E-state index contributed by atoms with van der Waals surface area (Å²) >= 11 is 0. The van der Waals surface area contributed by atoms with Gasteiger partial charge in [-0.25, -0.2) is 8.78 Å². The van der Waals surface area contributed by atoms with Crippen molar-refractivity contribution < 1.29 is 8.78 Å². The first kappa shape index (κ1) is 29.3. The SMILES string of the molecule is C=C1C(CN(Cc2ccnc(C)c2)[C@H]2CCCN(c3ccc(C)nc3)C2)=CN(C)c2cc(N3CCCC(F)(F)C3)ccc21. The Hall–Kier alpha value is -3.78. The van der Waals surface area contributed by atoms with Crippen LogP contribution in [0.25, 0.3) is 5.57 Å². The van der Waals surface area contributed by atoms with Crippen molar-refractivity contribution in [3.63, 3.8) is 0 Å². The largest absolute Gasteiger partial charge is 0.369 e. The predicted molar refractivity (Wildman–Crippen MR) is 172 cm³/mol. The molecule has 3 aliphatic rings. The number of piperidine rings is 2. The number of pyridine rings is 2. The highest BCUT2D eigenvalue weighted by molar-refractivity contribution is 5.90. The van der Waals surface area contributed by atoms with Gasteiger partial charge >= 0.3 is 0 Å². The van der Waals surface area contributed by atoms with Crippen molar-refractivity contribution in [3.8, 4) is 0 Å². The van der Waals surface area contributed by atoms with E-state index in [1.54, 1.807) is 0 Å². The lowest BCUT2D eigenvalue weighted by Crippen LogP contribution is -2.48. The van der Waals surface area contributed by atoms with Gasteiger partial charge in [0, 0.05) is 87.3 Å². The number of rotatable bonds is 7. The van der Waals surface area contributed by atoms with Gasteiger partial charge in [0.25, 0.3) is 5.92 Å². The van der Waals surface area contributed by atoms with E-state index in [1.807, 2.05) is 50.3 Å². The van der Waals surface area contributed by atoms with E-state index in [9.17, 15) is 8.78 Å². The minimum absolute atomic E-state index is 0.0343. The summed E-state index contributed by atoms with van der Waals surface area (Å²) < 4.78 is 28.3. The van der Waals surface area contributed by atoms with Gasteiger partial charge < -0.3 is 14.7 Å². The molecule has 3 aromatic rings. The van der Waals surface area contributed by atoms with Crippen LogP contribution in [0.4, 0.5) is 25.8 Å². The summed E-state index contributed by atoms with van der Waals surface area (Å²) in [7, 11) is 2.04. The molecule has 5 heterocycles. The molecular weight excluding hydrogens is 542 g/mol. The van der Waals surface area contributed by atoms with Crippen LogP contribution in [0.15, 0.2) is 73.2 Å². The lowest BCUT2D eigenvalue weighted by Gasteiger charge is -2.41. The van der Waals surface area contributed by atoms with Crippen LogP contribution in [0.5, 0.6) is 0 Å². The van der Waals surface area contributed by atoms with Crippen LogP contribution in [0, 0.1) is 13.8 Å². The summed E-state index contributed by atoms with van der Waals surface area (Å²) in [6, 6.07) is 15.0. The molecule has 1 atom stereocenters. The van der Waals surface area contributed by atoms with Crippen molar-refractivity contribution in [3.05, 3.63) is 95.7 Å². The molecule has 0 spiro atoms. The summed E-state index contributed by atoms with van der Waals surface area (Å²) in [6.07, 6.45) is 8.77. The second-order valence-electron chi connectivity index (χ2n) is 12.4. The van der Waals surface area contributed by atoms with Crippen molar-refractivity contribution in [2.24, 2.45) is 0 Å². The second kappa shape index (κ2) is 12.1. The van der Waals surface area contributed by atoms with Gasteiger partial charge in [0.05, 0.1) is 24.1 Å². The Balaban J connectivity index is 1.25. The molecular formula is C35H42F2N6. The smallest absolute Gasteiger partial charge is 0.265 e. The van der Waals surface area contributed by atoms with E-state index in [-0.39, 0.29) is 13.0 Å². The average Bonchev–Trinajstić information content (AvgIpc) is 2.99. The number of anilines is 3. The number of benzene rings is 1. The maximum Gasteiger partial charge on any atom is 0.265 e. The topological polar surface area (TPSA) is 38.7 Å². The zero-order valence-corrected chi connectivity index (χ0v) is 25.6. The number of hydrogen-bond donors (Lipinski definition) is 0. The van der Waals surface area contributed by atoms with Crippen molar-refractivity contribution in [2.75, 3.05) is 54.5 Å². The zero-order valence-electron chi connectivity index (χ0n) is 25.6. The third-order valence-corrected chi connectivity index (χ3v) is 9.08. The Morgan fingerprint density at radius 2 is 1.77 bits per heavy atom. The van der Waals surface area contributed by atoms with Crippen molar-refractivity contribution >= 4 is 22.6 Å². The molecule has 0 bridgehead atoms. The molecule has 226 valence electrons. The van der Waals surface area contributed by atoms with Crippen LogP contribution in [0.2, 0.25) is 0 Å². The number of aryl methyl sites for hydroxylation is 2. The first-order chi connectivity index (χ1) is 20.6. The van der Waals surface area contributed by atoms with Gasteiger partial charge in [-0.15, -0.1) is 0 Å². The van der Waals surface area contributed by atoms with Crippen LogP contribution in [0.1, 0.15) is 48.2 Å². The van der Waals surface area contributed by atoms with E-state index in [4.69, 9.17) is 0 Å². The van der Waals surface area contributed by atoms with E-state index >= 15 is 0 Å². The highest BCUT2D eigenvalue weighted by Crippen LogP contribution is 2.40. The fraction of sp³-hybridized carbons (Fsp3) is 0.429. The van der Waals surface area contributed by atoms with Gasteiger partial charge in [0.2, 0.25) is 0 Å². The molecule has 43 heavy (non-hydrogen) atoms. The number of aromatic nitrogens is 2. The van der Waals surface area contributed by atoms with Crippen molar-refractivity contribution in [2.45, 2.75) is 58.0 Å². The summed E-state index contributed by atoms with van der Waals surface area (Å²) in [5.74, 6) is -2.64.